The number of nitrogens with zero attached hydrogens (tertiary/aromatic N) is 5. The second kappa shape index (κ2) is 8.91. The fraction of sp³-hybridized carbons (Fsp3) is 0.273. The molecule has 1 saturated heterocycles. The molecule has 10 heteroatoms. The molecule has 1 aliphatic rings. The van der Waals surface area contributed by atoms with E-state index < -0.39 is 17.6 Å². The Hall–Kier alpha value is -3.53. The number of rotatable bonds is 5. The van der Waals surface area contributed by atoms with E-state index in [1.165, 1.54) is 18.2 Å². The molecule has 1 amide bonds. The number of amides is 1. The standard InChI is InChI=1S/C22H21F3N6O/c23-22(24,25)17-5-3-16(4-6-17)18-12-19(20(26)32)29-21(28-18)31-10-8-30(9-11-31)14-15-2-1-7-27-13-15/h1-7,12-13H,8-11,14H2,(H2,26,32). The molecule has 0 unspecified atom stereocenters. The maximum absolute atomic E-state index is 12.9. The molecule has 0 aliphatic carbocycles. The van der Waals surface area contributed by atoms with Crippen molar-refractivity contribution >= 4 is 11.9 Å². The number of alkyl halides is 3. The van der Waals surface area contributed by atoms with Crippen molar-refractivity contribution in [2.24, 2.45) is 5.73 Å². The van der Waals surface area contributed by atoms with Gasteiger partial charge in [-0.15, -0.1) is 0 Å². The molecule has 1 aliphatic heterocycles. The van der Waals surface area contributed by atoms with E-state index in [2.05, 4.69) is 19.9 Å². The van der Waals surface area contributed by atoms with Crippen LogP contribution < -0.4 is 10.6 Å². The van der Waals surface area contributed by atoms with E-state index in [0.717, 1.165) is 37.3 Å². The van der Waals surface area contributed by atoms with Crippen LogP contribution in [0.2, 0.25) is 0 Å². The molecule has 2 N–H and O–H groups in total. The second-order valence-corrected chi connectivity index (χ2v) is 7.50. The molecule has 1 aromatic carbocycles. The number of piperazine rings is 1. The molecule has 4 rings (SSSR count). The lowest BCUT2D eigenvalue weighted by Gasteiger charge is -2.34. The number of primary amides is 1. The van der Waals surface area contributed by atoms with Gasteiger partial charge in [-0.25, -0.2) is 9.97 Å². The van der Waals surface area contributed by atoms with Gasteiger partial charge in [0, 0.05) is 50.7 Å². The molecular formula is C22H21F3N6O. The van der Waals surface area contributed by atoms with Gasteiger partial charge < -0.3 is 10.6 Å². The molecule has 3 aromatic rings. The summed E-state index contributed by atoms with van der Waals surface area (Å²) in [4.78, 5) is 29.0. The first kappa shape index (κ1) is 21.7. The van der Waals surface area contributed by atoms with Gasteiger partial charge in [-0.05, 0) is 29.8 Å². The molecule has 0 atom stereocenters. The largest absolute Gasteiger partial charge is 0.416 e. The maximum atomic E-state index is 12.9. The van der Waals surface area contributed by atoms with Gasteiger partial charge in [0.15, 0.2) is 0 Å². The van der Waals surface area contributed by atoms with Crippen LogP contribution in [0.3, 0.4) is 0 Å². The third-order valence-electron chi connectivity index (χ3n) is 5.26. The highest BCUT2D eigenvalue weighted by Crippen LogP contribution is 2.31. The van der Waals surface area contributed by atoms with E-state index in [1.54, 1.807) is 6.20 Å². The summed E-state index contributed by atoms with van der Waals surface area (Å²) in [5, 5.41) is 0. The van der Waals surface area contributed by atoms with Crippen LogP contribution in [0.4, 0.5) is 19.1 Å². The topological polar surface area (TPSA) is 88.2 Å². The van der Waals surface area contributed by atoms with Gasteiger partial charge in [-0.3, -0.25) is 14.7 Å². The Morgan fingerprint density at radius 1 is 1.03 bits per heavy atom. The molecule has 0 saturated carbocycles. The molecule has 7 nitrogen and oxygen atoms in total. The number of benzene rings is 1. The molecule has 0 spiro atoms. The van der Waals surface area contributed by atoms with E-state index in [0.29, 0.717) is 30.3 Å². The zero-order valence-corrected chi connectivity index (χ0v) is 17.1. The zero-order valence-electron chi connectivity index (χ0n) is 17.1. The first-order chi connectivity index (χ1) is 15.3. The Bertz CT molecular complexity index is 1080. The van der Waals surface area contributed by atoms with E-state index in [1.807, 2.05) is 23.2 Å². The van der Waals surface area contributed by atoms with Crippen LogP contribution in [0.1, 0.15) is 21.6 Å². The fourth-order valence-electron chi connectivity index (χ4n) is 3.54. The van der Waals surface area contributed by atoms with Gasteiger partial charge in [-0.2, -0.15) is 13.2 Å². The average Bonchev–Trinajstić information content (AvgIpc) is 2.79. The number of carbonyl (C=O) groups excluding carboxylic acids is 1. The molecule has 1 fully saturated rings. The average molecular weight is 442 g/mol. The summed E-state index contributed by atoms with van der Waals surface area (Å²) in [6.07, 6.45) is -0.857. The first-order valence-corrected chi connectivity index (χ1v) is 10.0. The molecule has 0 radical (unpaired) electrons. The van der Waals surface area contributed by atoms with E-state index in [4.69, 9.17) is 5.73 Å². The van der Waals surface area contributed by atoms with Crippen molar-refractivity contribution in [1.82, 2.24) is 19.9 Å². The van der Waals surface area contributed by atoms with Gasteiger partial charge in [0.05, 0.1) is 11.3 Å². The number of nitrogens with two attached hydrogens (primary N) is 1. The third kappa shape index (κ3) is 5.02. The first-order valence-electron chi connectivity index (χ1n) is 10.0. The summed E-state index contributed by atoms with van der Waals surface area (Å²) < 4.78 is 38.6. The Kier molecular flexibility index (Phi) is 6.04. The van der Waals surface area contributed by atoms with Crippen molar-refractivity contribution in [3.05, 3.63) is 71.7 Å². The lowest BCUT2D eigenvalue weighted by Crippen LogP contribution is -2.46. The highest BCUT2D eigenvalue weighted by atomic mass is 19.4. The van der Waals surface area contributed by atoms with E-state index >= 15 is 0 Å². The summed E-state index contributed by atoms with van der Waals surface area (Å²) in [5.41, 5.74) is 6.61. The second-order valence-electron chi connectivity index (χ2n) is 7.50. The molecule has 166 valence electrons. The Balaban J connectivity index is 1.53. The summed E-state index contributed by atoms with van der Waals surface area (Å²) in [7, 11) is 0. The lowest BCUT2D eigenvalue weighted by atomic mass is 10.1. The highest BCUT2D eigenvalue weighted by molar-refractivity contribution is 5.92. The minimum atomic E-state index is -4.43. The number of anilines is 1. The van der Waals surface area contributed by atoms with Crippen LogP contribution in [0.15, 0.2) is 54.9 Å². The Labute approximate surface area is 182 Å². The highest BCUT2D eigenvalue weighted by Gasteiger charge is 2.30. The van der Waals surface area contributed by atoms with Gasteiger partial charge in [0.2, 0.25) is 5.95 Å². The fourth-order valence-corrected chi connectivity index (χ4v) is 3.54. The predicted octanol–water partition coefficient (Wildman–Crippen LogP) is 2.98. The molecule has 32 heavy (non-hydrogen) atoms. The smallest absolute Gasteiger partial charge is 0.364 e. The predicted molar refractivity (Wildman–Crippen MR) is 113 cm³/mol. The van der Waals surface area contributed by atoms with E-state index in [-0.39, 0.29) is 5.69 Å². The Morgan fingerprint density at radius 3 is 2.34 bits per heavy atom. The van der Waals surface area contributed by atoms with Crippen LogP contribution in [0, 0.1) is 0 Å². The maximum Gasteiger partial charge on any atom is 0.416 e. The quantitative estimate of drug-likeness (QED) is 0.654. The molecule has 0 bridgehead atoms. The lowest BCUT2D eigenvalue weighted by molar-refractivity contribution is -0.137. The molecule has 2 aromatic heterocycles. The van der Waals surface area contributed by atoms with Gasteiger partial charge >= 0.3 is 6.18 Å². The molecule has 3 heterocycles. The number of aromatic nitrogens is 3. The number of hydrogen-bond donors (Lipinski definition) is 1. The van der Waals surface area contributed by atoms with Crippen LogP contribution in [0.5, 0.6) is 0 Å². The number of carbonyl (C=O) groups is 1. The number of pyridine rings is 1. The summed E-state index contributed by atoms with van der Waals surface area (Å²) in [6, 6.07) is 9.94. The van der Waals surface area contributed by atoms with Crippen molar-refractivity contribution < 1.29 is 18.0 Å². The van der Waals surface area contributed by atoms with Crippen molar-refractivity contribution in [1.29, 1.82) is 0 Å². The van der Waals surface area contributed by atoms with Gasteiger partial charge in [0.1, 0.15) is 5.69 Å². The Morgan fingerprint density at radius 2 is 1.75 bits per heavy atom. The summed E-state index contributed by atoms with van der Waals surface area (Å²) in [5.74, 6) is -0.394. The SMILES string of the molecule is NC(=O)c1cc(-c2ccc(C(F)(F)F)cc2)nc(N2CCN(Cc3cccnc3)CC2)n1. The van der Waals surface area contributed by atoms with Gasteiger partial charge in [-0.1, -0.05) is 18.2 Å². The van der Waals surface area contributed by atoms with Crippen molar-refractivity contribution in [2.45, 2.75) is 12.7 Å². The van der Waals surface area contributed by atoms with Crippen molar-refractivity contribution in [2.75, 3.05) is 31.1 Å². The minimum Gasteiger partial charge on any atom is -0.364 e. The molecular weight excluding hydrogens is 421 g/mol. The normalized spacial score (nSPS) is 15.0. The van der Waals surface area contributed by atoms with Gasteiger partial charge in [0.25, 0.3) is 5.91 Å². The summed E-state index contributed by atoms with van der Waals surface area (Å²) in [6.45, 7) is 3.56. The summed E-state index contributed by atoms with van der Waals surface area (Å²) >= 11 is 0. The number of hydrogen-bond acceptors (Lipinski definition) is 6. The third-order valence-corrected chi connectivity index (χ3v) is 5.26. The van der Waals surface area contributed by atoms with Crippen molar-refractivity contribution in [3.63, 3.8) is 0 Å². The van der Waals surface area contributed by atoms with Crippen LogP contribution in [-0.4, -0.2) is 51.9 Å². The number of halogens is 3. The van der Waals surface area contributed by atoms with Crippen LogP contribution in [-0.2, 0) is 12.7 Å². The monoisotopic (exact) mass is 442 g/mol. The minimum absolute atomic E-state index is 0.0164. The van der Waals surface area contributed by atoms with E-state index in [9.17, 15) is 18.0 Å². The van der Waals surface area contributed by atoms with Crippen LogP contribution in [0.25, 0.3) is 11.3 Å². The van der Waals surface area contributed by atoms with Crippen molar-refractivity contribution in [3.8, 4) is 11.3 Å². The zero-order chi connectivity index (χ0) is 22.7. The van der Waals surface area contributed by atoms with Crippen LogP contribution >= 0.6 is 0 Å².